The summed E-state index contributed by atoms with van der Waals surface area (Å²) >= 11 is 0. The van der Waals surface area contributed by atoms with Crippen LogP contribution in [0.4, 0.5) is 10.6 Å². The van der Waals surface area contributed by atoms with Gasteiger partial charge in [-0.3, -0.25) is 4.90 Å². The first-order chi connectivity index (χ1) is 14.9. The first-order valence-corrected chi connectivity index (χ1v) is 12.4. The van der Waals surface area contributed by atoms with Crippen LogP contribution in [0.15, 0.2) is 47.5 Å². The number of hydrogen-bond acceptors (Lipinski definition) is 5. The Labute approximate surface area is 191 Å². The fraction of sp³-hybridized carbons (Fsp3) is 0.500. The first-order valence-electron chi connectivity index (χ1n) is 11.0. The van der Waals surface area contributed by atoms with E-state index >= 15 is 0 Å². The third-order valence-corrected chi connectivity index (χ3v) is 7.26. The summed E-state index contributed by atoms with van der Waals surface area (Å²) in [6, 6.07) is 9.90. The van der Waals surface area contributed by atoms with E-state index in [1.54, 1.807) is 36.5 Å². The molecule has 1 aliphatic rings. The number of nitrogens with zero attached hydrogens (tertiary/aromatic N) is 3. The Bertz CT molecular complexity index is 1060. The Kier molecular flexibility index (Phi) is 6.95. The summed E-state index contributed by atoms with van der Waals surface area (Å²) in [5.74, 6) is 0.438. The molecular formula is C24H33N3O4S. The zero-order valence-corrected chi connectivity index (χ0v) is 20.5. The number of amides is 1. The molecule has 7 nitrogen and oxygen atoms in total. The van der Waals surface area contributed by atoms with Crippen molar-refractivity contribution in [2.75, 3.05) is 11.4 Å². The highest BCUT2D eigenvalue weighted by Gasteiger charge is 2.39. The van der Waals surface area contributed by atoms with Gasteiger partial charge in [0.15, 0.2) is 0 Å². The predicted octanol–water partition coefficient (Wildman–Crippen LogP) is 5.07. The van der Waals surface area contributed by atoms with Gasteiger partial charge in [-0.15, -0.1) is 0 Å². The molecule has 3 rings (SSSR count). The average Bonchev–Trinajstić information content (AvgIpc) is 3.18. The topological polar surface area (TPSA) is 79.8 Å². The van der Waals surface area contributed by atoms with Crippen LogP contribution in [0.25, 0.3) is 0 Å². The van der Waals surface area contributed by atoms with Crippen LogP contribution in [0, 0.1) is 6.92 Å². The molecule has 2 aromatic rings. The fourth-order valence-corrected chi connectivity index (χ4v) is 5.58. The van der Waals surface area contributed by atoms with Gasteiger partial charge in [0.25, 0.3) is 0 Å². The molecule has 1 amide bonds. The highest BCUT2D eigenvalue weighted by atomic mass is 32.2. The molecule has 0 unspecified atom stereocenters. The molecule has 0 saturated carbocycles. The van der Waals surface area contributed by atoms with Gasteiger partial charge >= 0.3 is 6.09 Å². The number of sulfonamides is 1. The van der Waals surface area contributed by atoms with E-state index in [-0.39, 0.29) is 10.9 Å². The van der Waals surface area contributed by atoms with Gasteiger partial charge in [-0.05, 0) is 72.6 Å². The maximum atomic E-state index is 13.5. The van der Waals surface area contributed by atoms with Crippen molar-refractivity contribution in [3.8, 4) is 0 Å². The Balaban J connectivity index is 2.03. The number of carbonyl (C=O) groups excluding carboxylic acids is 1. The van der Waals surface area contributed by atoms with Crippen molar-refractivity contribution in [2.24, 2.45) is 0 Å². The second kappa shape index (κ2) is 9.19. The summed E-state index contributed by atoms with van der Waals surface area (Å²) in [7, 11) is -3.69. The third-order valence-electron chi connectivity index (χ3n) is 5.34. The van der Waals surface area contributed by atoms with Crippen LogP contribution in [-0.4, -0.2) is 42.0 Å². The maximum absolute atomic E-state index is 13.5. The molecule has 174 valence electrons. The minimum absolute atomic E-state index is 0.220. The largest absolute Gasteiger partial charge is 0.443 e. The van der Waals surface area contributed by atoms with Crippen LogP contribution in [0.1, 0.15) is 64.6 Å². The SMILES string of the molecule is Cc1ccc(S(=O)(=O)N2CCC[C@@H]2c2cccnc2N(C(=O)OC(C)(C)C)C(C)C)cc1. The van der Waals surface area contributed by atoms with Crippen LogP contribution >= 0.6 is 0 Å². The fourth-order valence-electron chi connectivity index (χ4n) is 3.91. The van der Waals surface area contributed by atoms with Crippen molar-refractivity contribution in [3.05, 3.63) is 53.7 Å². The second-order valence-corrected chi connectivity index (χ2v) is 11.3. The van der Waals surface area contributed by atoms with Gasteiger partial charge in [0.05, 0.1) is 10.9 Å². The van der Waals surface area contributed by atoms with Gasteiger partial charge in [-0.2, -0.15) is 4.31 Å². The van der Waals surface area contributed by atoms with E-state index in [1.165, 1.54) is 9.21 Å². The number of carbonyl (C=O) groups is 1. The number of anilines is 1. The van der Waals surface area contributed by atoms with Gasteiger partial charge in [-0.25, -0.2) is 18.2 Å². The summed E-state index contributed by atoms with van der Waals surface area (Å²) in [4.78, 5) is 19.3. The van der Waals surface area contributed by atoms with Crippen molar-refractivity contribution >= 4 is 21.9 Å². The normalized spacial score (nSPS) is 17.5. The van der Waals surface area contributed by atoms with Crippen LogP contribution in [0.2, 0.25) is 0 Å². The number of aromatic nitrogens is 1. The molecule has 0 aliphatic carbocycles. The van der Waals surface area contributed by atoms with Crippen molar-refractivity contribution in [3.63, 3.8) is 0 Å². The van der Waals surface area contributed by atoms with E-state index in [0.29, 0.717) is 24.3 Å². The van der Waals surface area contributed by atoms with E-state index in [2.05, 4.69) is 4.98 Å². The minimum atomic E-state index is -3.69. The van der Waals surface area contributed by atoms with Crippen LogP contribution in [0.3, 0.4) is 0 Å². The highest BCUT2D eigenvalue weighted by Crippen LogP contribution is 2.40. The first kappa shape index (κ1) is 24.2. The van der Waals surface area contributed by atoms with Crippen molar-refractivity contribution in [1.29, 1.82) is 0 Å². The molecule has 0 spiro atoms. The molecular weight excluding hydrogens is 426 g/mol. The lowest BCUT2D eigenvalue weighted by atomic mass is 10.1. The molecule has 1 aromatic carbocycles. The second-order valence-electron chi connectivity index (χ2n) is 9.45. The average molecular weight is 460 g/mol. The highest BCUT2D eigenvalue weighted by molar-refractivity contribution is 7.89. The molecule has 1 fully saturated rings. The lowest BCUT2D eigenvalue weighted by Gasteiger charge is -2.32. The summed E-state index contributed by atoms with van der Waals surface area (Å²) in [5.41, 5.74) is 1.05. The van der Waals surface area contributed by atoms with E-state index < -0.39 is 27.8 Å². The third kappa shape index (κ3) is 5.13. The van der Waals surface area contributed by atoms with Crippen molar-refractivity contribution < 1.29 is 17.9 Å². The summed E-state index contributed by atoms with van der Waals surface area (Å²) in [6.07, 6.45) is 2.51. The van der Waals surface area contributed by atoms with Gasteiger partial charge in [-0.1, -0.05) is 23.8 Å². The van der Waals surface area contributed by atoms with E-state index in [4.69, 9.17) is 4.74 Å². The molecule has 1 aromatic heterocycles. The Morgan fingerprint density at radius 1 is 1.19 bits per heavy atom. The smallest absolute Gasteiger partial charge is 0.416 e. The van der Waals surface area contributed by atoms with E-state index in [0.717, 1.165) is 12.0 Å². The zero-order chi connectivity index (χ0) is 23.7. The number of pyridine rings is 1. The molecule has 1 atom stereocenters. The molecule has 2 heterocycles. The molecule has 8 heteroatoms. The van der Waals surface area contributed by atoms with Gasteiger partial charge in [0.2, 0.25) is 10.0 Å². The molecule has 0 bridgehead atoms. The monoisotopic (exact) mass is 459 g/mol. The summed E-state index contributed by atoms with van der Waals surface area (Å²) < 4.78 is 34.1. The summed E-state index contributed by atoms with van der Waals surface area (Å²) in [5, 5.41) is 0. The van der Waals surface area contributed by atoms with Crippen LogP contribution in [0.5, 0.6) is 0 Å². The van der Waals surface area contributed by atoms with E-state index in [1.807, 2.05) is 47.6 Å². The van der Waals surface area contributed by atoms with Crippen LogP contribution < -0.4 is 4.90 Å². The van der Waals surface area contributed by atoms with Gasteiger partial charge in [0, 0.05) is 24.3 Å². The molecule has 0 radical (unpaired) electrons. The Morgan fingerprint density at radius 3 is 2.44 bits per heavy atom. The standard InChI is InChI=1S/C24H33N3O4S/c1-17(2)27(23(28)31-24(4,5)6)22-20(9-7-15-25-22)21-10-8-16-26(21)32(29,30)19-13-11-18(3)12-14-19/h7,9,11-15,17,21H,8,10,16H2,1-6H3/t21-/m1/s1. The number of ether oxygens (including phenoxy) is 1. The summed E-state index contributed by atoms with van der Waals surface area (Å²) in [6.45, 7) is 11.6. The van der Waals surface area contributed by atoms with E-state index in [9.17, 15) is 13.2 Å². The quantitative estimate of drug-likeness (QED) is 0.624. The minimum Gasteiger partial charge on any atom is -0.443 e. The lowest BCUT2D eigenvalue weighted by molar-refractivity contribution is 0.0568. The van der Waals surface area contributed by atoms with Gasteiger partial charge < -0.3 is 4.74 Å². The number of rotatable bonds is 5. The maximum Gasteiger partial charge on any atom is 0.416 e. The predicted molar refractivity (Wildman–Crippen MR) is 125 cm³/mol. The number of hydrogen-bond donors (Lipinski definition) is 0. The molecule has 0 N–H and O–H groups in total. The van der Waals surface area contributed by atoms with Crippen LogP contribution in [-0.2, 0) is 14.8 Å². The zero-order valence-electron chi connectivity index (χ0n) is 19.7. The van der Waals surface area contributed by atoms with Crippen molar-refractivity contribution in [2.45, 2.75) is 77.0 Å². The number of aryl methyl sites for hydroxylation is 1. The Hall–Kier alpha value is -2.45. The molecule has 32 heavy (non-hydrogen) atoms. The molecule has 1 aliphatic heterocycles. The Morgan fingerprint density at radius 2 is 1.84 bits per heavy atom. The van der Waals surface area contributed by atoms with Gasteiger partial charge in [0.1, 0.15) is 11.4 Å². The lowest BCUT2D eigenvalue weighted by Crippen LogP contribution is -2.42. The molecule has 1 saturated heterocycles. The van der Waals surface area contributed by atoms with Crippen molar-refractivity contribution in [1.82, 2.24) is 9.29 Å². The number of benzene rings is 1.